The van der Waals surface area contributed by atoms with Crippen LogP contribution in [0.25, 0.3) is 0 Å². The van der Waals surface area contributed by atoms with Gasteiger partial charge in [-0.25, -0.2) is 0 Å². The van der Waals surface area contributed by atoms with Crippen LogP contribution in [0.15, 0.2) is 11.3 Å². The SMILES string of the molecule is COC1=C(CO)CCC1O. The van der Waals surface area contributed by atoms with Crippen LogP contribution >= 0.6 is 0 Å². The Morgan fingerprint density at radius 1 is 1.70 bits per heavy atom. The maximum Gasteiger partial charge on any atom is 0.125 e. The van der Waals surface area contributed by atoms with Crippen LogP contribution in [0, 0.1) is 0 Å². The molecule has 0 aromatic rings. The molecule has 58 valence electrons. The third-order valence-corrected chi connectivity index (χ3v) is 1.78. The quantitative estimate of drug-likeness (QED) is 0.575. The molecule has 0 fully saturated rings. The predicted molar refractivity (Wildman–Crippen MR) is 36.4 cm³/mol. The standard InChI is InChI=1S/C7H12O3/c1-10-7-5(4-8)2-3-6(7)9/h6,8-9H,2-4H2,1H3. The number of aliphatic hydroxyl groups excluding tert-OH is 2. The summed E-state index contributed by atoms with van der Waals surface area (Å²) in [7, 11) is 1.51. The van der Waals surface area contributed by atoms with E-state index < -0.39 is 6.10 Å². The highest BCUT2D eigenvalue weighted by atomic mass is 16.5. The van der Waals surface area contributed by atoms with Crippen molar-refractivity contribution in [3.05, 3.63) is 11.3 Å². The van der Waals surface area contributed by atoms with Crippen molar-refractivity contribution in [1.82, 2.24) is 0 Å². The zero-order valence-electron chi connectivity index (χ0n) is 6.00. The van der Waals surface area contributed by atoms with Crippen molar-refractivity contribution in [1.29, 1.82) is 0 Å². The summed E-state index contributed by atoms with van der Waals surface area (Å²) in [5, 5.41) is 17.9. The van der Waals surface area contributed by atoms with Gasteiger partial charge in [0.2, 0.25) is 0 Å². The highest BCUT2D eigenvalue weighted by molar-refractivity contribution is 5.18. The molecule has 1 rings (SSSR count). The topological polar surface area (TPSA) is 49.7 Å². The molecule has 0 saturated heterocycles. The van der Waals surface area contributed by atoms with Crippen molar-refractivity contribution in [2.24, 2.45) is 0 Å². The van der Waals surface area contributed by atoms with Gasteiger partial charge in [-0.2, -0.15) is 0 Å². The molecule has 1 aliphatic carbocycles. The fraction of sp³-hybridized carbons (Fsp3) is 0.714. The van der Waals surface area contributed by atoms with E-state index in [9.17, 15) is 5.11 Å². The number of hydrogen-bond donors (Lipinski definition) is 2. The van der Waals surface area contributed by atoms with Gasteiger partial charge in [-0.1, -0.05) is 0 Å². The first-order valence-corrected chi connectivity index (χ1v) is 3.34. The van der Waals surface area contributed by atoms with Crippen LogP contribution in [0.1, 0.15) is 12.8 Å². The molecule has 3 heteroatoms. The second-order valence-corrected chi connectivity index (χ2v) is 2.38. The average Bonchev–Trinajstić information content (AvgIpc) is 2.30. The van der Waals surface area contributed by atoms with E-state index in [4.69, 9.17) is 9.84 Å². The lowest BCUT2D eigenvalue weighted by Gasteiger charge is -2.06. The molecule has 0 radical (unpaired) electrons. The second-order valence-electron chi connectivity index (χ2n) is 2.38. The Labute approximate surface area is 59.9 Å². The van der Waals surface area contributed by atoms with Crippen LogP contribution in [0.5, 0.6) is 0 Å². The van der Waals surface area contributed by atoms with Gasteiger partial charge in [-0.15, -0.1) is 0 Å². The highest BCUT2D eigenvalue weighted by Crippen LogP contribution is 2.25. The maximum absolute atomic E-state index is 9.20. The molecule has 0 aromatic carbocycles. The summed E-state index contributed by atoms with van der Waals surface area (Å²) in [6, 6.07) is 0. The number of methoxy groups -OCH3 is 1. The Hall–Kier alpha value is -0.540. The second kappa shape index (κ2) is 3.03. The Balaban J connectivity index is 2.71. The highest BCUT2D eigenvalue weighted by Gasteiger charge is 2.23. The van der Waals surface area contributed by atoms with Gasteiger partial charge < -0.3 is 14.9 Å². The molecule has 10 heavy (non-hydrogen) atoms. The molecule has 1 atom stereocenters. The molecule has 0 spiro atoms. The number of ether oxygens (including phenoxy) is 1. The molecule has 0 aromatic heterocycles. The Bertz CT molecular complexity index is 151. The maximum atomic E-state index is 9.20. The average molecular weight is 144 g/mol. The zero-order chi connectivity index (χ0) is 7.56. The first kappa shape index (κ1) is 7.57. The third-order valence-electron chi connectivity index (χ3n) is 1.78. The van der Waals surface area contributed by atoms with Gasteiger partial charge in [0.25, 0.3) is 0 Å². The van der Waals surface area contributed by atoms with Crippen molar-refractivity contribution in [3.63, 3.8) is 0 Å². The fourth-order valence-corrected chi connectivity index (χ4v) is 1.24. The number of hydrogen-bond acceptors (Lipinski definition) is 3. The van der Waals surface area contributed by atoms with E-state index in [-0.39, 0.29) is 6.61 Å². The van der Waals surface area contributed by atoms with E-state index in [2.05, 4.69) is 0 Å². The van der Waals surface area contributed by atoms with Gasteiger partial charge in [0, 0.05) is 0 Å². The van der Waals surface area contributed by atoms with E-state index in [1.807, 2.05) is 0 Å². The summed E-state index contributed by atoms with van der Waals surface area (Å²) in [6.45, 7) is 0.000231. The first-order valence-electron chi connectivity index (χ1n) is 3.34. The monoisotopic (exact) mass is 144 g/mol. The summed E-state index contributed by atoms with van der Waals surface area (Å²) in [5.41, 5.74) is 0.829. The Morgan fingerprint density at radius 3 is 2.80 bits per heavy atom. The molecular weight excluding hydrogens is 132 g/mol. The van der Waals surface area contributed by atoms with Gasteiger partial charge in [-0.3, -0.25) is 0 Å². The molecule has 0 saturated carbocycles. The Kier molecular flexibility index (Phi) is 2.29. The molecule has 0 aliphatic heterocycles. The van der Waals surface area contributed by atoms with Crippen LogP contribution in [0.2, 0.25) is 0 Å². The lowest BCUT2D eigenvalue weighted by Crippen LogP contribution is -2.06. The minimum Gasteiger partial charge on any atom is -0.498 e. The third kappa shape index (κ3) is 1.15. The van der Waals surface area contributed by atoms with Crippen molar-refractivity contribution in [3.8, 4) is 0 Å². The van der Waals surface area contributed by atoms with E-state index in [0.717, 1.165) is 12.0 Å². The largest absolute Gasteiger partial charge is 0.498 e. The molecule has 0 amide bonds. The molecular formula is C7H12O3. The van der Waals surface area contributed by atoms with Crippen molar-refractivity contribution in [2.75, 3.05) is 13.7 Å². The first-order chi connectivity index (χ1) is 4.79. The number of aliphatic hydroxyl groups is 2. The minimum absolute atomic E-state index is 0.000231. The molecule has 1 unspecified atom stereocenters. The Morgan fingerprint density at radius 2 is 2.40 bits per heavy atom. The lowest BCUT2D eigenvalue weighted by atomic mass is 10.2. The van der Waals surface area contributed by atoms with Crippen molar-refractivity contribution in [2.45, 2.75) is 18.9 Å². The predicted octanol–water partition coefficient (Wildman–Crippen LogP) is 0.0339. The molecule has 3 nitrogen and oxygen atoms in total. The summed E-state index contributed by atoms with van der Waals surface area (Å²) in [6.07, 6.45) is 0.937. The molecule has 1 aliphatic rings. The van der Waals surface area contributed by atoms with Crippen LogP contribution in [0.4, 0.5) is 0 Å². The van der Waals surface area contributed by atoms with Crippen LogP contribution < -0.4 is 0 Å². The van der Waals surface area contributed by atoms with Gasteiger partial charge in [0.15, 0.2) is 0 Å². The molecule has 0 bridgehead atoms. The van der Waals surface area contributed by atoms with E-state index in [0.29, 0.717) is 12.2 Å². The lowest BCUT2D eigenvalue weighted by molar-refractivity contribution is 0.133. The van der Waals surface area contributed by atoms with Crippen LogP contribution in [0.3, 0.4) is 0 Å². The fourth-order valence-electron chi connectivity index (χ4n) is 1.24. The molecule has 2 N–H and O–H groups in total. The summed E-state index contributed by atoms with van der Waals surface area (Å²) in [5.74, 6) is 0.558. The smallest absolute Gasteiger partial charge is 0.125 e. The van der Waals surface area contributed by atoms with E-state index >= 15 is 0 Å². The minimum atomic E-state index is -0.493. The number of rotatable bonds is 2. The van der Waals surface area contributed by atoms with Gasteiger partial charge in [0.05, 0.1) is 13.7 Å². The summed E-state index contributed by atoms with van der Waals surface area (Å²) in [4.78, 5) is 0. The van der Waals surface area contributed by atoms with E-state index in [1.165, 1.54) is 7.11 Å². The van der Waals surface area contributed by atoms with Gasteiger partial charge in [0.1, 0.15) is 11.9 Å². The summed E-state index contributed by atoms with van der Waals surface area (Å²) < 4.78 is 4.90. The van der Waals surface area contributed by atoms with Crippen molar-refractivity contribution >= 4 is 0 Å². The molecule has 0 heterocycles. The zero-order valence-corrected chi connectivity index (χ0v) is 6.00. The van der Waals surface area contributed by atoms with Gasteiger partial charge >= 0.3 is 0 Å². The van der Waals surface area contributed by atoms with Crippen molar-refractivity contribution < 1.29 is 14.9 Å². The van der Waals surface area contributed by atoms with Gasteiger partial charge in [-0.05, 0) is 18.4 Å². The van der Waals surface area contributed by atoms with Crippen LogP contribution in [-0.2, 0) is 4.74 Å². The van der Waals surface area contributed by atoms with E-state index in [1.54, 1.807) is 0 Å². The summed E-state index contributed by atoms with van der Waals surface area (Å²) >= 11 is 0. The van der Waals surface area contributed by atoms with Crippen LogP contribution in [-0.4, -0.2) is 30.0 Å². The normalized spacial score (nSPS) is 25.7.